The molecule has 1 atom stereocenters. The molecule has 0 saturated heterocycles. The van der Waals surface area contributed by atoms with Crippen LogP contribution in [0.5, 0.6) is 0 Å². The average Bonchev–Trinajstić information content (AvgIpc) is 3.25. The number of aliphatic hydroxyl groups excluding tert-OH is 1. The van der Waals surface area contributed by atoms with E-state index < -0.39 is 23.5 Å². The van der Waals surface area contributed by atoms with Gasteiger partial charge >= 0.3 is 0 Å². The van der Waals surface area contributed by atoms with Crippen LogP contribution >= 0.6 is 15.9 Å². The first-order valence-corrected chi connectivity index (χ1v) is 10.3. The Morgan fingerprint density at radius 2 is 1.90 bits per heavy atom. The smallest absolute Gasteiger partial charge is 0.290 e. The number of aliphatic hydroxyl groups is 1. The number of halogens is 1. The first kappa shape index (κ1) is 20.4. The van der Waals surface area contributed by atoms with Gasteiger partial charge in [0.05, 0.1) is 11.6 Å². The lowest BCUT2D eigenvalue weighted by atomic mass is 9.95. The third-order valence-electron chi connectivity index (χ3n) is 5.15. The summed E-state index contributed by atoms with van der Waals surface area (Å²) in [5, 5.41) is 11.4. The molecule has 2 heterocycles. The number of amides is 1. The van der Waals surface area contributed by atoms with Crippen molar-refractivity contribution in [3.05, 3.63) is 81.7 Å². The number of carbonyl (C=O) groups excluding carboxylic acids is 2. The molecule has 3 aromatic rings. The molecule has 4 rings (SSSR count). The van der Waals surface area contributed by atoms with Gasteiger partial charge in [0.1, 0.15) is 5.58 Å². The van der Waals surface area contributed by atoms with E-state index >= 15 is 0 Å². The van der Waals surface area contributed by atoms with Crippen molar-refractivity contribution in [2.75, 3.05) is 27.2 Å². The number of Topliss-reactive ketones (excluding diaryl/α,β-unsaturated/α-hetero) is 1. The minimum Gasteiger partial charge on any atom is -0.503 e. The molecule has 0 saturated carbocycles. The maximum atomic E-state index is 13.4. The summed E-state index contributed by atoms with van der Waals surface area (Å²) in [7, 11) is 3.81. The highest BCUT2D eigenvalue weighted by Gasteiger charge is 2.44. The van der Waals surface area contributed by atoms with Gasteiger partial charge in [0, 0.05) is 22.9 Å². The number of benzene rings is 2. The minimum absolute atomic E-state index is 0.0445. The fourth-order valence-electron chi connectivity index (χ4n) is 3.66. The van der Waals surface area contributed by atoms with Gasteiger partial charge in [0.15, 0.2) is 11.5 Å². The minimum atomic E-state index is -0.675. The zero-order chi connectivity index (χ0) is 21.4. The summed E-state index contributed by atoms with van der Waals surface area (Å²) < 4.78 is 6.61. The van der Waals surface area contributed by atoms with Crippen LogP contribution in [0, 0.1) is 0 Å². The summed E-state index contributed by atoms with van der Waals surface area (Å²) in [5.74, 6) is -1.47. The SMILES string of the molecule is CN(C)CCN1C(=O)C(O)=C(C(=O)c2cc3cc(Br)ccc3o2)C1c1ccccc1. The number of likely N-dealkylation sites (N-methyl/N-ethyl adjacent to an activating group) is 1. The zero-order valence-corrected chi connectivity index (χ0v) is 18.2. The molecule has 0 fully saturated rings. The van der Waals surface area contributed by atoms with Gasteiger partial charge in [-0.2, -0.15) is 0 Å². The normalized spacial score (nSPS) is 16.9. The molecule has 0 aliphatic carbocycles. The Kier molecular flexibility index (Phi) is 5.49. The van der Waals surface area contributed by atoms with E-state index in [0.29, 0.717) is 18.7 Å². The number of furan rings is 1. The highest BCUT2D eigenvalue weighted by Crippen LogP contribution is 2.39. The Morgan fingerprint density at radius 1 is 1.17 bits per heavy atom. The Hall–Kier alpha value is -2.90. The van der Waals surface area contributed by atoms with E-state index in [1.807, 2.05) is 61.5 Å². The van der Waals surface area contributed by atoms with Crippen molar-refractivity contribution in [1.29, 1.82) is 0 Å². The van der Waals surface area contributed by atoms with E-state index in [0.717, 1.165) is 15.4 Å². The number of ketones is 1. The van der Waals surface area contributed by atoms with E-state index in [-0.39, 0.29) is 11.3 Å². The van der Waals surface area contributed by atoms with Crippen molar-refractivity contribution >= 4 is 38.6 Å². The fraction of sp³-hybridized carbons (Fsp3) is 0.217. The van der Waals surface area contributed by atoms with Crippen LogP contribution in [0.1, 0.15) is 22.2 Å². The summed E-state index contributed by atoms with van der Waals surface area (Å²) in [6.45, 7) is 0.974. The quantitative estimate of drug-likeness (QED) is 0.544. The Labute approximate surface area is 182 Å². The van der Waals surface area contributed by atoms with Gasteiger partial charge in [-0.05, 0) is 43.9 Å². The van der Waals surface area contributed by atoms with Gasteiger partial charge in [0.2, 0.25) is 5.78 Å². The summed E-state index contributed by atoms with van der Waals surface area (Å²) in [6.07, 6.45) is 0. The van der Waals surface area contributed by atoms with Gasteiger partial charge < -0.3 is 19.3 Å². The van der Waals surface area contributed by atoms with Crippen molar-refractivity contribution in [1.82, 2.24) is 9.80 Å². The molecule has 1 N–H and O–H groups in total. The van der Waals surface area contributed by atoms with Crippen LogP contribution in [-0.2, 0) is 4.79 Å². The lowest BCUT2D eigenvalue weighted by molar-refractivity contribution is -0.129. The number of fused-ring (bicyclic) bond motifs is 1. The van der Waals surface area contributed by atoms with Crippen molar-refractivity contribution < 1.29 is 19.1 Å². The second kappa shape index (κ2) is 8.08. The molecular formula is C23H21BrN2O4. The third-order valence-corrected chi connectivity index (χ3v) is 5.65. The van der Waals surface area contributed by atoms with E-state index in [1.54, 1.807) is 12.1 Å². The lowest BCUT2D eigenvalue weighted by Gasteiger charge is -2.27. The molecule has 2 aromatic carbocycles. The molecule has 30 heavy (non-hydrogen) atoms. The average molecular weight is 469 g/mol. The molecule has 1 amide bonds. The van der Waals surface area contributed by atoms with Crippen LogP contribution in [0.3, 0.4) is 0 Å². The first-order chi connectivity index (χ1) is 14.4. The molecule has 1 aromatic heterocycles. The van der Waals surface area contributed by atoms with Crippen molar-refractivity contribution in [3.8, 4) is 0 Å². The third kappa shape index (κ3) is 3.66. The van der Waals surface area contributed by atoms with E-state index in [2.05, 4.69) is 15.9 Å². The molecule has 7 heteroatoms. The number of carbonyl (C=O) groups is 2. The Bertz CT molecular complexity index is 1150. The predicted octanol–water partition coefficient (Wildman–Crippen LogP) is 4.34. The topological polar surface area (TPSA) is 74.0 Å². The summed E-state index contributed by atoms with van der Waals surface area (Å²) in [6, 6.07) is 15.7. The fourth-order valence-corrected chi connectivity index (χ4v) is 4.04. The summed E-state index contributed by atoms with van der Waals surface area (Å²) in [4.78, 5) is 29.8. The van der Waals surface area contributed by atoms with Crippen LogP contribution in [0.4, 0.5) is 0 Å². The number of hydrogen-bond acceptors (Lipinski definition) is 5. The molecular weight excluding hydrogens is 448 g/mol. The Morgan fingerprint density at radius 3 is 2.60 bits per heavy atom. The van der Waals surface area contributed by atoms with Crippen LogP contribution in [0.25, 0.3) is 11.0 Å². The molecule has 1 aliphatic rings. The number of nitrogens with zero attached hydrogens (tertiary/aromatic N) is 2. The van der Waals surface area contributed by atoms with Gasteiger partial charge in [-0.1, -0.05) is 46.3 Å². The van der Waals surface area contributed by atoms with E-state index in [1.165, 1.54) is 4.90 Å². The van der Waals surface area contributed by atoms with Crippen LogP contribution in [0.2, 0.25) is 0 Å². The van der Waals surface area contributed by atoms with E-state index in [9.17, 15) is 14.7 Å². The second-order valence-corrected chi connectivity index (χ2v) is 8.41. The largest absolute Gasteiger partial charge is 0.503 e. The standard InChI is InChI=1S/C23H21BrN2O4/c1-25(2)10-11-26-20(14-6-4-3-5-7-14)19(22(28)23(26)29)21(27)18-13-15-12-16(24)8-9-17(15)30-18/h3-9,12-13,20,28H,10-11H2,1-2H3. The van der Waals surface area contributed by atoms with Crippen LogP contribution in [0.15, 0.2) is 74.8 Å². The van der Waals surface area contributed by atoms with Gasteiger partial charge in [-0.3, -0.25) is 9.59 Å². The Balaban J connectivity index is 1.78. The summed E-state index contributed by atoms with van der Waals surface area (Å²) in [5.41, 5.74) is 1.37. The monoisotopic (exact) mass is 468 g/mol. The second-order valence-electron chi connectivity index (χ2n) is 7.50. The number of rotatable bonds is 6. The maximum Gasteiger partial charge on any atom is 0.290 e. The maximum absolute atomic E-state index is 13.4. The molecule has 0 spiro atoms. The zero-order valence-electron chi connectivity index (χ0n) is 16.6. The highest BCUT2D eigenvalue weighted by molar-refractivity contribution is 9.10. The highest BCUT2D eigenvalue weighted by atomic mass is 79.9. The van der Waals surface area contributed by atoms with Crippen LogP contribution < -0.4 is 0 Å². The van der Waals surface area contributed by atoms with E-state index in [4.69, 9.17) is 4.42 Å². The summed E-state index contributed by atoms with van der Waals surface area (Å²) >= 11 is 3.41. The lowest BCUT2D eigenvalue weighted by Crippen LogP contribution is -2.36. The van der Waals surface area contributed by atoms with Crippen molar-refractivity contribution in [2.45, 2.75) is 6.04 Å². The van der Waals surface area contributed by atoms with Crippen molar-refractivity contribution in [2.24, 2.45) is 0 Å². The van der Waals surface area contributed by atoms with Gasteiger partial charge in [-0.25, -0.2) is 0 Å². The van der Waals surface area contributed by atoms with Crippen LogP contribution in [-0.4, -0.2) is 53.8 Å². The molecule has 0 radical (unpaired) electrons. The number of hydrogen-bond donors (Lipinski definition) is 1. The van der Waals surface area contributed by atoms with Gasteiger partial charge in [-0.15, -0.1) is 0 Å². The molecule has 154 valence electrons. The first-order valence-electron chi connectivity index (χ1n) is 9.54. The molecule has 6 nitrogen and oxygen atoms in total. The predicted molar refractivity (Wildman–Crippen MR) is 117 cm³/mol. The van der Waals surface area contributed by atoms with Gasteiger partial charge in [0.25, 0.3) is 5.91 Å². The van der Waals surface area contributed by atoms with Crippen molar-refractivity contribution in [3.63, 3.8) is 0 Å². The molecule has 1 aliphatic heterocycles. The molecule has 1 unspecified atom stereocenters. The molecule has 0 bridgehead atoms.